The van der Waals surface area contributed by atoms with Crippen LogP contribution in [0.1, 0.15) is 54.4 Å². The minimum Gasteiger partial charge on any atom is -0.444 e. The van der Waals surface area contributed by atoms with Gasteiger partial charge < -0.3 is 9.47 Å². The Balaban J connectivity index is 2.81. The first-order valence-electron chi connectivity index (χ1n) is 6.89. The second-order valence-corrected chi connectivity index (χ2v) is 6.14. The summed E-state index contributed by atoms with van der Waals surface area (Å²) in [5.41, 5.74) is -0.464. The van der Waals surface area contributed by atoms with Gasteiger partial charge in [-0.3, -0.25) is 4.90 Å². The number of ether oxygens (including phenoxy) is 2. The lowest BCUT2D eigenvalue weighted by atomic mass is 9.93. The Morgan fingerprint density at radius 2 is 1.89 bits per heavy atom. The third kappa shape index (κ3) is 3.87. The highest BCUT2D eigenvalue weighted by atomic mass is 16.6. The summed E-state index contributed by atoms with van der Waals surface area (Å²) < 4.78 is 11.2. The van der Waals surface area contributed by atoms with Crippen molar-refractivity contribution in [3.63, 3.8) is 0 Å². The molecule has 1 unspecified atom stereocenters. The van der Waals surface area contributed by atoms with Gasteiger partial charge in [-0.2, -0.15) is 0 Å². The molecule has 0 bridgehead atoms. The van der Waals surface area contributed by atoms with Crippen LogP contribution in [0.3, 0.4) is 0 Å². The molecule has 0 radical (unpaired) electrons. The lowest BCUT2D eigenvalue weighted by molar-refractivity contribution is -0.120. The standard InChI is InChI=1S/C14H27NO3/c1-7-17-12-10(2)8-9-11(3)15(12)13(16)18-14(4,5)6/h10-12H,7-9H2,1-6H3/t10-,11-,12?/m1/s1. The van der Waals surface area contributed by atoms with Crippen molar-refractivity contribution < 1.29 is 14.3 Å². The van der Waals surface area contributed by atoms with Crippen molar-refractivity contribution in [1.29, 1.82) is 0 Å². The molecule has 4 nitrogen and oxygen atoms in total. The van der Waals surface area contributed by atoms with E-state index in [4.69, 9.17) is 9.47 Å². The molecule has 0 N–H and O–H groups in total. The lowest BCUT2D eigenvalue weighted by Gasteiger charge is -2.43. The van der Waals surface area contributed by atoms with Crippen molar-refractivity contribution in [2.45, 2.75) is 72.3 Å². The molecule has 0 aromatic heterocycles. The minimum absolute atomic E-state index is 0.159. The van der Waals surface area contributed by atoms with Crippen molar-refractivity contribution in [2.75, 3.05) is 6.61 Å². The topological polar surface area (TPSA) is 38.8 Å². The Hall–Kier alpha value is -0.770. The number of piperidine rings is 1. The molecule has 1 aliphatic rings. The van der Waals surface area contributed by atoms with Gasteiger partial charge in [-0.05, 0) is 47.5 Å². The summed E-state index contributed by atoms with van der Waals surface area (Å²) in [6, 6.07) is 0.174. The monoisotopic (exact) mass is 257 g/mol. The van der Waals surface area contributed by atoms with Gasteiger partial charge in [-0.25, -0.2) is 4.79 Å². The number of hydrogen-bond donors (Lipinski definition) is 0. The number of nitrogens with zero attached hydrogens (tertiary/aromatic N) is 1. The second kappa shape index (κ2) is 5.91. The fourth-order valence-electron chi connectivity index (χ4n) is 2.32. The second-order valence-electron chi connectivity index (χ2n) is 6.14. The number of likely N-dealkylation sites (tertiary alicyclic amines) is 1. The Morgan fingerprint density at radius 1 is 1.28 bits per heavy atom. The molecule has 1 saturated heterocycles. The maximum Gasteiger partial charge on any atom is 0.412 e. The van der Waals surface area contributed by atoms with Crippen LogP contribution in [-0.2, 0) is 9.47 Å². The molecule has 3 atom stereocenters. The lowest BCUT2D eigenvalue weighted by Crippen LogP contribution is -2.54. The normalized spacial score (nSPS) is 29.2. The number of amides is 1. The summed E-state index contributed by atoms with van der Waals surface area (Å²) in [5, 5.41) is 0. The third-order valence-corrected chi connectivity index (χ3v) is 3.22. The summed E-state index contributed by atoms with van der Waals surface area (Å²) in [6.07, 6.45) is 1.67. The average molecular weight is 257 g/mol. The Morgan fingerprint density at radius 3 is 2.39 bits per heavy atom. The largest absolute Gasteiger partial charge is 0.444 e. The van der Waals surface area contributed by atoms with E-state index in [1.165, 1.54) is 0 Å². The highest BCUT2D eigenvalue weighted by molar-refractivity contribution is 5.69. The van der Waals surface area contributed by atoms with E-state index in [-0.39, 0.29) is 18.4 Å². The molecule has 0 aliphatic carbocycles. The highest BCUT2D eigenvalue weighted by Crippen LogP contribution is 2.30. The van der Waals surface area contributed by atoms with Gasteiger partial charge in [0.15, 0.2) is 0 Å². The van der Waals surface area contributed by atoms with Gasteiger partial charge in [0.05, 0.1) is 0 Å². The van der Waals surface area contributed by atoms with E-state index in [1.807, 2.05) is 27.7 Å². The van der Waals surface area contributed by atoms with Crippen LogP contribution in [0.15, 0.2) is 0 Å². The summed E-state index contributed by atoms with van der Waals surface area (Å²) in [7, 11) is 0. The summed E-state index contributed by atoms with van der Waals surface area (Å²) >= 11 is 0. The predicted molar refractivity (Wildman–Crippen MR) is 71.3 cm³/mol. The van der Waals surface area contributed by atoms with E-state index in [9.17, 15) is 4.79 Å². The molecule has 1 fully saturated rings. The number of rotatable bonds is 2. The Bertz CT molecular complexity index is 285. The molecule has 1 rings (SSSR count). The summed E-state index contributed by atoms with van der Waals surface area (Å²) in [6.45, 7) is 12.4. The highest BCUT2D eigenvalue weighted by Gasteiger charge is 2.38. The molecule has 1 amide bonds. The number of hydrogen-bond acceptors (Lipinski definition) is 3. The number of carbonyl (C=O) groups excluding carboxylic acids is 1. The Kier molecular flexibility index (Phi) is 5.02. The summed E-state index contributed by atoms with van der Waals surface area (Å²) in [5.74, 6) is 0.355. The van der Waals surface area contributed by atoms with Gasteiger partial charge in [-0.15, -0.1) is 0 Å². The fraction of sp³-hybridized carbons (Fsp3) is 0.929. The minimum atomic E-state index is -0.464. The van der Waals surface area contributed by atoms with E-state index in [0.29, 0.717) is 12.5 Å². The molecule has 0 saturated carbocycles. The van der Waals surface area contributed by atoms with E-state index < -0.39 is 5.60 Å². The van der Waals surface area contributed by atoms with Gasteiger partial charge in [0.25, 0.3) is 0 Å². The van der Waals surface area contributed by atoms with Gasteiger partial charge in [-0.1, -0.05) is 6.92 Å². The maximum absolute atomic E-state index is 12.3. The van der Waals surface area contributed by atoms with Gasteiger partial charge in [0, 0.05) is 18.6 Å². The average Bonchev–Trinajstić information content (AvgIpc) is 2.21. The molecule has 0 aromatic rings. The van der Waals surface area contributed by atoms with Crippen molar-refractivity contribution in [3.8, 4) is 0 Å². The van der Waals surface area contributed by atoms with Crippen LogP contribution in [0.4, 0.5) is 4.79 Å². The molecule has 18 heavy (non-hydrogen) atoms. The van der Waals surface area contributed by atoms with Gasteiger partial charge in [0.1, 0.15) is 11.8 Å². The quantitative estimate of drug-likeness (QED) is 0.761. The van der Waals surface area contributed by atoms with E-state index in [0.717, 1.165) is 12.8 Å². The molecule has 0 spiro atoms. The molecule has 106 valence electrons. The predicted octanol–water partition coefficient (Wildman–Crippen LogP) is 3.40. The molecule has 1 heterocycles. The van der Waals surface area contributed by atoms with E-state index in [1.54, 1.807) is 4.90 Å². The van der Waals surface area contributed by atoms with Crippen LogP contribution in [0, 0.1) is 5.92 Å². The van der Waals surface area contributed by atoms with Crippen LogP contribution < -0.4 is 0 Å². The van der Waals surface area contributed by atoms with Gasteiger partial charge >= 0.3 is 6.09 Å². The third-order valence-electron chi connectivity index (χ3n) is 3.22. The van der Waals surface area contributed by atoms with Crippen molar-refractivity contribution >= 4 is 6.09 Å². The van der Waals surface area contributed by atoms with E-state index in [2.05, 4.69) is 13.8 Å². The van der Waals surface area contributed by atoms with Gasteiger partial charge in [0.2, 0.25) is 0 Å². The van der Waals surface area contributed by atoms with Crippen LogP contribution in [-0.4, -0.2) is 35.5 Å². The van der Waals surface area contributed by atoms with Crippen LogP contribution in [0.2, 0.25) is 0 Å². The van der Waals surface area contributed by atoms with Crippen molar-refractivity contribution in [1.82, 2.24) is 4.90 Å². The van der Waals surface area contributed by atoms with Crippen LogP contribution in [0.25, 0.3) is 0 Å². The van der Waals surface area contributed by atoms with Crippen molar-refractivity contribution in [3.05, 3.63) is 0 Å². The van der Waals surface area contributed by atoms with E-state index >= 15 is 0 Å². The number of carbonyl (C=O) groups is 1. The zero-order valence-electron chi connectivity index (χ0n) is 12.5. The van der Waals surface area contributed by atoms with Crippen LogP contribution >= 0.6 is 0 Å². The molecule has 1 aliphatic heterocycles. The zero-order valence-corrected chi connectivity index (χ0v) is 12.5. The molecule has 4 heteroatoms. The molecular formula is C14H27NO3. The van der Waals surface area contributed by atoms with Crippen molar-refractivity contribution in [2.24, 2.45) is 5.92 Å². The zero-order chi connectivity index (χ0) is 13.9. The maximum atomic E-state index is 12.3. The smallest absolute Gasteiger partial charge is 0.412 e. The molecular weight excluding hydrogens is 230 g/mol. The Labute approximate surface area is 111 Å². The first kappa shape index (κ1) is 15.3. The SMILES string of the molecule is CCOC1[C@H](C)CC[C@@H](C)N1C(=O)OC(C)(C)C. The summed E-state index contributed by atoms with van der Waals surface area (Å²) in [4.78, 5) is 14.0. The molecule has 0 aromatic carbocycles. The first-order chi connectivity index (χ1) is 8.26. The fourth-order valence-corrected chi connectivity index (χ4v) is 2.32. The van der Waals surface area contributed by atoms with Crippen LogP contribution in [0.5, 0.6) is 0 Å². The first-order valence-corrected chi connectivity index (χ1v) is 6.89.